The van der Waals surface area contributed by atoms with Crippen LogP contribution in [0.5, 0.6) is 0 Å². The topological polar surface area (TPSA) is 95.5 Å². The zero-order valence-electron chi connectivity index (χ0n) is 17.1. The van der Waals surface area contributed by atoms with E-state index < -0.39 is 5.91 Å². The molecule has 0 atom stereocenters. The number of benzene rings is 1. The number of hydrogen-bond donors (Lipinski definition) is 1. The Hall–Kier alpha value is -2.52. The standard InChI is InChI=1S/C21H24ClN5O3S/c22-15-3-5-16(6-4-15)23-18(29)19-24-25-20(31-19)21(30)27-11-7-14(8-12-27)13-17(28)26-9-1-2-10-26/h3-6,14H,1-2,7-13H2,(H,23,29). The molecule has 2 aromatic rings. The first kappa shape index (κ1) is 21.7. The monoisotopic (exact) mass is 461 g/mol. The molecule has 2 saturated heterocycles. The number of carbonyl (C=O) groups excluding carboxylic acids is 3. The van der Waals surface area contributed by atoms with E-state index in [0.717, 1.165) is 50.1 Å². The first-order valence-electron chi connectivity index (χ1n) is 10.5. The summed E-state index contributed by atoms with van der Waals surface area (Å²) < 4.78 is 0. The van der Waals surface area contributed by atoms with Crippen LogP contribution >= 0.6 is 22.9 Å². The SMILES string of the molecule is O=C(Nc1ccc(Cl)cc1)c1nnc(C(=O)N2CCC(CC(=O)N3CCCC3)CC2)s1. The lowest BCUT2D eigenvalue weighted by Crippen LogP contribution is -2.40. The largest absolute Gasteiger partial charge is 0.343 e. The van der Waals surface area contributed by atoms with E-state index in [0.29, 0.717) is 36.1 Å². The molecular weight excluding hydrogens is 438 g/mol. The Morgan fingerprint density at radius 1 is 0.968 bits per heavy atom. The van der Waals surface area contributed by atoms with Crippen LogP contribution in [-0.2, 0) is 4.79 Å². The highest BCUT2D eigenvalue weighted by Gasteiger charge is 2.29. The quantitative estimate of drug-likeness (QED) is 0.737. The van der Waals surface area contributed by atoms with Crippen LogP contribution in [0.3, 0.4) is 0 Å². The predicted octanol–water partition coefficient (Wildman–Crippen LogP) is 3.31. The molecule has 0 radical (unpaired) electrons. The summed E-state index contributed by atoms with van der Waals surface area (Å²) in [5.74, 6) is -0.0830. The summed E-state index contributed by atoms with van der Waals surface area (Å²) in [4.78, 5) is 41.2. The molecule has 1 aromatic carbocycles. The van der Waals surface area contributed by atoms with Gasteiger partial charge < -0.3 is 15.1 Å². The van der Waals surface area contributed by atoms with Gasteiger partial charge in [0.2, 0.25) is 15.9 Å². The number of halogens is 1. The van der Waals surface area contributed by atoms with Gasteiger partial charge in [0.15, 0.2) is 0 Å². The van der Waals surface area contributed by atoms with Gasteiger partial charge >= 0.3 is 0 Å². The molecule has 0 spiro atoms. The van der Waals surface area contributed by atoms with E-state index in [1.54, 1.807) is 29.2 Å². The number of nitrogens with one attached hydrogen (secondary N) is 1. The van der Waals surface area contributed by atoms with Crippen LogP contribution in [0, 0.1) is 5.92 Å². The lowest BCUT2D eigenvalue weighted by molar-refractivity contribution is -0.131. The number of amides is 3. The van der Waals surface area contributed by atoms with Gasteiger partial charge in [0, 0.05) is 43.3 Å². The summed E-state index contributed by atoms with van der Waals surface area (Å²) in [5, 5.41) is 11.4. The minimum absolute atomic E-state index is 0.129. The summed E-state index contributed by atoms with van der Waals surface area (Å²) in [6, 6.07) is 6.72. The van der Waals surface area contributed by atoms with Crippen molar-refractivity contribution in [1.29, 1.82) is 0 Å². The third-order valence-corrected chi connectivity index (χ3v) is 6.89. The van der Waals surface area contributed by atoms with Crippen molar-refractivity contribution >= 4 is 46.3 Å². The fourth-order valence-electron chi connectivity index (χ4n) is 3.94. The maximum absolute atomic E-state index is 12.8. The van der Waals surface area contributed by atoms with Crippen molar-refractivity contribution in [1.82, 2.24) is 20.0 Å². The molecule has 0 aliphatic carbocycles. The Morgan fingerprint density at radius 2 is 1.61 bits per heavy atom. The van der Waals surface area contributed by atoms with Gasteiger partial charge in [-0.1, -0.05) is 22.9 Å². The smallest absolute Gasteiger partial charge is 0.286 e. The van der Waals surface area contributed by atoms with Crippen molar-refractivity contribution in [2.24, 2.45) is 5.92 Å². The molecule has 31 heavy (non-hydrogen) atoms. The van der Waals surface area contributed by atoms with Crippen molar-refractivity contribution in [3.8, 4) is 0 Å². The van der Waals surface area contributed by atoms with Crippen molar-refractivity contribution in [3.63, 3.8) is 0 Å². The molecule has 0 bridgehead atoms. The summed E-state index contributed by atoms with van der Waals surface area (Å²) in [5.41, 5.74) is 0.586. The summed E-state index contributed by atoms with van der Waals surface area (Å²) in [6.45, 7) is 2.92. The maximum Gasteiger partial charge on any atom is 0.286 e. The molecule has 2 aliphatic rings. The van der Waals surface area contributed by atoms with Crippen LogP contribution in [0.1, 0.15) is 51.7 Å². The summed E-state index contributed by atoms with van der Waals surface area (Å²) in [6.07, 6.45) is 4.36. The van der Waals surface area contributed by atoms with E-state index in [1.165, 1.54) is 0 Å². The van der Waals surface area contributed by atoms with Crippen LogP contribution in [0.25, 0.3) is 0 Å². The third kappa shape index (κ3) is 5.40. The molecule has 1 N–H and O–H groups in total. The van der Waals surface area contributed by atoms with E-state index in [4.69, 9.17) is 11.6 Å². The van der Waals surface area contributed by atoms with E-state index in [-0.39, 0.29) is 21.8 Å². The van der Waals surface area contributed by atoms with Gasteiger partial charge in [0.1, 0.15) is 0 Å². The van der Waals surface area contributed by atoms with E-state index in [1.807, 2.05) is 4.90 Å². The second-order valence-corrected chi connectivity index (χ2v) is 9.31. The molecule has 0 unspecified atom stereocenters. The van der Waals surface area contributed by atoms with Crippen LogP contribution in [0.4, 0.5) is 5.69 Å². The Bertz CT molecular complexity index is 950. The Labute approximate surface area is 189 Å². The number of likely N-dealkylation sites (tertiary alicyclic amines) is 2. The number of rotatable bonds is 5. The summed E-state index contributed by atoms with van der Waals surface area (Å²) in [7, 11) is 0. The van der Waals surface area contributed by atoms with Crippen molar-refractivity contribution in [2.75, 3.05) is 31.5 Å². The highest BCUT2D eigenvalue weighted by molar-refractivity contribution is 7.15. The average molecular weight is 462 g/mol. The molecule has 2 aliphatic heterocycles. The normalized spacial score (nSPS) is 17.1. The van der Waals surface area contributed by atoms with Crippen LogP contribution in [0.2, 0.25) is 5.02 Å². The molecule has 10 heteroatoms. The van der Waals surface area contributed by atoms with Gasteiger partial charge in [-0.05, 0) is 55.9 Å². The van der Waals surface area contributed by atoms with Gasteiger partial charge in [-0.3, -0.25) is 14.4 Å². The number of piperidine rings is 1. The number of nitrogens with zero attached hydrogens (tertiary/aromatic N) is 4. The fraction of sp³-hybridized carbons (Fsp3) is 0.476. The molecule has 3 heterocycles. The van der Waals surface area contributed by atoms with E-state index >= 15 is 0 Å². The second-order valence-electron chi connectivity index (χ2n) is 7.90. The summed E-state index contributed by atoms with van der Waals surface area (Å²) >= 11 is 6.83. The van der Waals surface area contributed by atoms with Gasteiger partial charge in [0.25, 0.3) is 11.8 Å². The predicted molar refractivity (Wildman–Crippen MR) is 118 cm³/mol. The minimum atomic E-state index is -0.419. The minimum Gasteiger partial charge on any atom is -0.343 e. The first-order chi connectivity index (χ1) is 15.0. The molecule has 8 nitrogen and oxygen atoms in total. The Kier molecular flexibility index (Phi) is 6.82. The molecule has 164 valence electrons. The fourth-order valence-corrected chi connectivity index (χ4v) is 4.77. The van der Waals surface area contributed by atoms with Gasteiger partial charge in [0.05, 0.1) is 0 Å². The van der Waals surface area contributed by atoms with Gasteiger partial charge in [-0.25, -0.2) is 0 Å². The van der Waals surface area contributed by atoms with Crippen LogP contribution < -0.4 is 5.32 Å². The Morgan fingerprint density at radius 3 is 2.29 bits per heavy atom. The van der Waals surface area contributed by atoms with Crippen molar-refractivity contribution in [3.05, 3.63) is 39.3 Å². The number of carbonyl (C=O) groups is 3. The third-order valence-electron chi connectivity index (χ3n) is 5.73. The number of anilines is 1. The lowest BCUT2D eigenvalue weighted by atomic mass is 9.93. The van der Waals surface area contributed by atoms with Gasteiger partial charge in [-0.15, -0.1) is 10.2 Å². The molecule has 2 fully saturated rings. The highest BCUT2D eigenvalue weighted by Crippen LogP contribution is 2.24. The molecule has 4 rings (SSSR count). The van der Waals surface area contributed by atoms with Crippen LogP contribution in [-0.4, -0.2) is 63.9 Å². The zero-order valence-corrected chi connectivity index (χ0v) is 18.6. The molecule has 3 amide bonds. The molecule has 0 saturated carbocycles. The van der Waals surface area contributed by atoms with Gasteiger partial charge in [-0.2, -0.15) is 0 Å². The number of hydrogen-bond acceptors (Lipinski definition) is 6. The average Bonchev–Trinajstić information content (AvgIpc) is 3.48. The molecular formula is C21H24ClN5O3S. The highest BCUT2D eigenvalue weighted by atomic mass is 35.5. The second kappa shape index (κ2) is 9.74. The number of aromatic nitrogens is 2. The first-order valence-corrected chi connectivity index (χ1v) is 11.7. The van der Waals surface area contributed by atoms with E-state index in [9.17, 15) is 14.4 Å². The zero-order chi connectivity index (χ0) is 21.8. The van der Waals surface area contributed by atoms with E-state index in [2.05, 4.69) is 15.5 Å². The van der Waals surface area contributed by atoms with Crippen LogP contribution in [0.15, 0.2) is 24.3 Å². The lowest BCUT2D eigenvalue weighted by Gasteiger charge is -2.31. The van der Waals surface area contributed by atoms with Crippen molar-refractivity contribution < 1.29 is 14.4 Å². The van der Waals surface area contributed by atoms with Crippen molar-refractivity contribution in [2.45, 2.75) is 32.1 Å². The maximum atomic E-state index is 12.8. The molecule has 1 aromatic heterocycles. The Balaban J connectivity index is 1.28.